The fourth-order valence-corrected chi connectivity index (χ4v) is 14.5. The number of benzene rings is 7. The molecule has 17 nitrogen and oxygen atoms in total. The van der Waals surface area contributed by atoms with Gasteiger partial charge in [0, 0.05) is 60.0 Å². The number of pyridine rings is 1. The summed E-state index contributed by atoms with van der Waals surface area (Å²) < 4.78 is 73.6. The maximum atomic E-state index is 13.7. The fraction of sp³-hybridized carbons (Fsp3) is 0.284. The van der Waals surface area contributed by atoms with Crippen LogP contribution in [0.25, 0.3) is 28.3 Å². The summed E-state index contributed by atoms with van der Waals surface area (Å²) in [6, 6.07) is 37.2. The fourth-order valence-electron chi connectivity index (χ4n) is 12.9. The lowest BCUT2D eigenvalue weighted by Crippen LogP contribution is -2.48. The summed E-state index contributed by atoms with van der Waals surface area (Å²) in [5, 5.41) is 32.0. The van der Waals surface area contributed by atoms with Gasteiger partial charge in [0.05, 0.1) is 77.8 Å². The van der Waals surface area contributed by atoms with Gasteiger partial charge in [0.1, 0.15) is 35.4 Å². The normalized spacial score (nSPS) is 17.1. The topological polar surface area (TPSA) is 224 Å². The van der Waals surface area contributed by atoms with Crippen LogP contribution in [0, 0.1) is 19.7 Å². The minimum absolute atomic E-state index is 0.00157. The second-order valence-electron chi connectivity index (χ2n) is 24.5. The number of fused-ring (bicyclic) bond motifs is 4. The molecule has 0 saturated carbocycles. The molecule has 6 heterocycles. The van der Waals surface area contributed by atoms with Gasteiger partial charge in [-0.3, -0.25) is 19.7 Å². The van der Waals surface area contributed by atoms with Gasteiger partial charge in [0.15, 0.2) is 45.1 Å². The number of nitrogens with zero attached hydrogens (tertiary/aromatic N) is 4. The number of likely N-dealkylation sites (N-methyl/N-ethyl adjacent to an activating group) is 2. The molecule has 0 saturated heterocycles. The van der Waals surface area contributed by atoms with Crippen molar-refractivity contribution >= 4 is 56.6 Å². The van der Waals surface area contributed by atoms with E-state index in [1.165, 1.54) is 28.8 Å². The Bertz CT molecular complexity index is 4400. The highest BCUT2D eigenvalue weighted by molar-refractivity contribution is 7.90. The first-order valence-corrected chi connectivity index (χ1v) is 33.6. The molecule has 2 aromatic heterocycles. The highest BCUT2D eigenvalue weighted by Crippen LogP contribution is 2.52. The molecule has 0 fully saturated rings. The van der Waals surface area contributed by atoms with Crippen molar-refractivity contribution in [3.05, 3.63) is 206 Å². The number of quaternary nitrogens is 1. The number of methoxy groups -OCH3 is 4. The molecule has 94 heavy (non-hydrogen) atoms. The number of allylic oxidation sites excluding steroid dienone is 2. The first-order chi connectivity index (χ1) is 45.0. The van der Waals surface area contributed by atoms with Gasteiger partial charge in [-0.15, -0.1) is 0 Å². The molecule has 9 aromatic rings. The van der Waals surface area contributed by atoms with Crippen molar-refractivity contribution in [2.45, 2.75) is 80.8 Å². The van der Waals surface area contributed by atoms with Crippen LogP contribution in [0.15, 0.2) is 143 Å². The molecule has 0 radical (unpaired) electrons. The number of aromatic hydroxyl groups is 2. The van der Waals surface area contributed by atoms with Gasteiger partial charge in [-0.05, 0) is 210 Å². The highest BCUT2D eigenvalue weighted by atomic mass is 32.2. The molecular formula is C74H77FN5O12S2+. The summed E-state index contributed by atoms with van der Waals surface area (Å²) in [6.07, 6.45) is 8.33. The molecule has 0 spiro atoms. The van der Waals surface area contributed by atoms with Crippen LogP contribution in [0.3, 0.4) is 0 Å². The van der Waals surface area contributed by atoms with E-state index in [1.54, 1.807) is 65.2 Å². The zero-order valence-electron chi connectivity index (χ0n) is 54.5. The maximum absolute atomic E-state index is 13.7. The van der Waals surface area contributed by atoms with Crippen LogP contribution in [0.5, 0.6) is 57.5 Å². The molecule has 6 bridgehead atoms. The predicted octanol–water partition coefficient (Wildman–Crippen LogP) is 14.0. The zero-order valence-corrected chi connectivity index (χ0v) is 56.1. The number of aliphatic carboxylic acids is 1. The van der Waals surface area contributed by atoms with Crippen molar-refractivity contribution in [3.8, 4) is 57.5 Å². The summed E-state index contributed by atoms with van der Waals surface area (Å²) in [4.78, 5) is 26.2. The van der Waals surface area contributed by atoms with Crippen LogP contribution >= 0.6 is 0 Å². The number of carboxylic acids is 1. The quantitative estimate of drug-likeness (QED) is 0.0698. The average molecular weight is 1310 g/mol. The number of ether oxygens (including phenoxy) is 6. The van der Waals surface area contributed by atoms with E-state index in [1.807, 2.05) is 87.5 Å². The molecule has 1 aliphatic carbocycles. The number of aromatic nitrogens is 3. The number of halogens is 1. The number of rotatable bonds is 11. The Labute approximate surface area is 553 Å². The predicted molar refractivity (Wildman–Crippen MR) is 363 cm³/mol. The second kappa shape index (κ2) is 27.9. The van der Waals surface area contributed by atoms with Gasteiger partial charge in [-0.1, -0.05) is 24.3 Å². The minimum atomic E-state index is -1.33. The third-order valence-corrected chi connectivity index (χ3v) is 20.3. The Morgan fingerprint density at radius 3 is 2.24 bits per heavy atom. The molecule has 4 atom stereocenters. The van der Waals surface area contributed by atoms with Crippen molar-refractivity contribution in [1.29, 1.82) is 0 Å². The number of nitrogens with one attached hydrogen (secondary N) is 1. The van der Waals surface area contributed by atoms with Crippen LogP contribution in [0.4, 0.5) is 4.39 Å². The van der Waals surface area contributed by atoms with E-state index >= 15 is 0 Å². The molecule has 5 aliphatic rings. The Morgan fingerprint density at radius 2 is 1.54 bits per heavy atom. The number of phenols is 2. The molecule has 20 heteroatoms. The molecule has 14 rings (SSSR count). The van der Waals surface area contributed by atoms with E-state index in [0.717, 1.165) is 110 Å². The molecule has 2 unspecified atom stereocenters. The SMILES string of the molecule is CC1=C(CC(=O)O)c2cc(F)ccc2/C1=C\c1ccc([S+](C)[O-])cc1.COc1cc2c3cc1Oc1cc(ccc1O)C[C@@H]1c4c(cc(OC)c(O)c4Oc4ccc(cc4)C[C@@H]3N(C)CC2)CC[N+]1(C)C.COc1ccc2[nH]c([S+]([O-])Cc3ncc(C)c(OC)c3C)nc2c1. The van der Waals surface area contributed by atoms with Crippen molar-refractivity contribution in [2.75, 3.05) is 68.9 Å². The Morgan fingerprint density at radius 1 is 0.809 bits per heavy atom. The molecular weight excluding hydrogens is 1230 g/mol. The molecule has 4 aliphatic heterocycles. The second-order valence-corrected chi connectivity index (χ2v) is 27.3. The van der Waals surface area contributed by atoms with Crippen LogP contribution in [0.1, 0.15) is 92.3 Å². The first-order valence-electron chi connectivity index (χ1n) is 30.8. The van der Waals surface area contributed by atoms with Gasteiger partial charge < -0.3 is 57.3 Å². The van der Waals surface area contributed by atoms with Crippen molar-refractivity contribution < 1.29 is 66.5 Å². The Kier molecular flexibility index (Phi) is 19.7. The van der Waals surface area contributed by atoms with Crippen molar-refractivity contribution in [2.24, 2.45) is 0 Å². The van der Waals surface area contributed by atoms with E-state index in [-0.39, 0.29) is 41.6 Å². The smallest absolute Gasteiger partial charge is 0.322 e. The monoisotopic (exact) mass is 1310 g/mol. The third kappa shape index (κ3) is 13.9. The van der Waals surface area contributed by atoms with E-state index < -0.39 is 28.3 Å². The van der Waals surface area contributed by atoms with Gasteiger partial charge in [0.25, 0.3) is 0 Å². The lowest BCUT2D eigenvalue weighted by atomic mass is 9.86. The number of hydrogen-bond acceptors (Lipinski definition) is 14. The largest absolute Gasteiger partial charge is 0.612 e. The molecule has 488 valence electrons. The minimum Gasteiger partial charge on any atom is -0.612 e. The van der Waals surface area contributed by atoms with E-state index in [4.69, 9.17) is 33.5 Å². The number of aromatic amines is 1. The molecule has 4 N–H and O–H groups in total. The van der Waals surface area contributed by atoms with Crippen molar-refractivity contribution in [3.63, 3.8) is 0 Å². The number of hydrogen-bond donors (Lipinski definition) is 4. The molecule has 0 amide bonds. The Hall–Kier alpha value is -9.02. The summed E-state index contributed by atoms with van der Waals surface area (Å²) in [7, 11) is 13.0. The highest BCUT2D eigenvalue weighted by Gasteiger charge is 2.41. The number of imidazole rings is 1. The van der Waals surface area contributed by atoms with E-state index in [2.05, 4.69) is 65.3 Å². The van der Waals surface area contributed by atoms with E-state index in [9.17, 15) is 28.5 Å². The number of carboxylic acid groups (broad SMARTS) is 1. The summed E-state index contributed by atoms with van der Waals surface area (Å²) in [5.74, 6) is 3.59. The number of phenolic OH excluding ortho intramolecular Hbond substituents is 2. The number of H-pyrrole nitrogens is 1. The van der Waals surface area contributed by atoms with Crippen LogP contribution in [-0.4, -0.2) is 124 Å². The lowest BCUT2D eigenvalue weighted by Gasteiger charge is -2.43. The standard InChI is InChI=1S/C37H40N2O6.C20H17FO3S.C17H19N3O3S/c1-38-14-12-24-19-32(42-4)33-21-27(24)28(38)16-22-6-9-26(10-7-22)44-37-35-25(20-34(43-5)36(37)41)13-15-39(2,3)29(35)17-23-8-11-30(40)31(18-23)45-33;1-12-17(9-13-3-6-15(7-4-13)25(2)24)16-8-5-14(21)10-19(16)18(12)11-20(22)23;1-10-8-18-15(11(2)16(10)23-4)9-24(21)17-19-13-6-5-12(22-3)7-14(13)20-17/h6-11,18-21,28-29H,12-17H2,1-5H3,(H-,40,41);3-10H,11H2,1-2H3,(H,22,23);5-8H,9H2,1-4H3,(H,19,20)/p+1/b;17-9-;/t28-,29+;;/m0../s1. The summed E-state index contributed by atoms with van der Waals surface area (Å²) >= 11 is -2.36. The van der Waals surface area contributed by atoms with Crippen LogP contribution in [0.2, 0.25) is 0 Å². The maximum Gasteiger partial charge on any atom is 0.322 e. The lowest BCUT2D eigenvalue weighted by molar-refractivity contribution is -0.923. The van der Waals surface area contributed by atoms with Crippen molar-refractivity contribution in [1.82, 2.24) is 19.9 Å². The van der Waals surface area contributed by atoms with Gasteiger partial charge in [-0.25, -0.2) is 4.39 Å². The number of carbonyl (C=O) groups is 1. The summed E-state index contributed by atoms with van der Waals surface area (Å²) in [6.45, 7) is 7.56. The third-order valence-electron chi connectivity index (χ3n) is 18.2. The zero-order chi connectivity index (χ0) is 66.9. The van der Waals surface area contributed by atoms with Crippen LogP contribution in [-0.2, 0) is 58.6 Å². The summed E-state index contributed by atoms with van der Waals surface area (Å²) in [5.41, 5.74) is 15.6. The Balaban J connectivity index is 0.000000156. The molecule has 7 aromatic carbocycles. The average Bonchev–Trinajstić information content (AvgIpc) is 1.01. The van der Waals surface area contributed by atoms with Gasteiger partial charge >= 0.3 is 11.1 Å². The van der Waals surface area contributed by atoms with Gasteiger partial charge in [0.2, 0.25) is 5.75 Å². The van der Waals surface area contributed by atoms with Gasteiger partial charge in [-0.2, -0.15) is 4.98 Å². The first kappa shape index (κ1) is 66.4. The number of aryl methyl sites for hydroxylation is 1. The van der Waals surface area contributed by atoms with E-state index in [0.29, 0.717) is 67.4 Å². The van der Waals surface area contributed by atoms with Crippen LogP contribution < -0.4 is 28.4 Å².